The van der Waals surface area contributed by atoms with Gasteiger partial charge >= 0.3 is 5.97 Å². The highest BCUT2D eigenvalue weighted by Gasteiger charge is 2.06. The molecule has 1 heterocycles. The van der Waals surface area contributed by atoms with Crippen LogP contribution in [-0.2, 0) is 9.53 Å². The number of aromatic nitrogens is 2. The molecule has 0 atom stereocenters. The topological polar surface area (TPSA) is 93.6 Å². The van der Waals surface area contributed by atoms with Crippen molar-refractivity contribution in [1.82, 2.24) is 9.97 Å². The first-order valence-corrected chi connectivity index (χ1v) is 5.04. The van der Waals surface area contributed by atoms with E-state index in [0.29, 0.717) is 18.2 Å². The molecule has 7 nitrogen and oxygen atoms in total. The van der Waals surface area contributed by atoms with Crippen LogP contribution in [0.1, 0.15) is 5.56 Å². The highest BCUT2D eigenvalue weighted by Crippen LogP contribution is 2.19. The van der Waals surface area contributed by atoms with Gasteiger partial charge in [0.1, 0.15) is 18.8 Å². The first kappa shape index (κ1) is 13.2. The fourth-order valence-corrected chi connectivity index (χ4v) is 1.22. The van der Waals surface area contributed by atoms with Crippen LogP contribution in [0.4, 0.5) is 5.82 Å². The van der Waals surface area contributed by atoms with Crippen LogP contribution in [-0.4, -0.2) is 47.9 Å². The van der Waals surface area contributed by atoms with Crippen molar-refractivity contribution < 1.29 is 19.4 Å². The maximum Gasteiger partial charge on any atom is 0.329 e. The van der Waals surface area contributed by atoms with Crippen molar-refractivity contribution >= 4 is 11.8 Å². The van der Waals surface area contributed by atoms with E-state index >= 15 is 0 Å². The molecule has 1 rings (SSSR count). The van der Waals surface area contributed by atoms with Gasteiger partial charge in [-0.15, -0.1) is 0 Å². The molecule has 0 saturated heterocycles. The molecule has 0 aliphatic heterocycles. The first-order valence-electron chi connectivity index (χ1n) is 5.04. The van der Waals surface area contributed by atoms with E-state index in [1.54, 1.807) is 0 Å². The summed E-state index contributed by atoms with van der Waals surface area (Å²) in [5.41, 5.74) is 0.799. The number of carboxylic acids is 1. The summed E-state index contributed by atoms with van der Waals surface area (Å²) in [5.74, 6) is 0.176. The van der Waals surface area contributed by atoms with Crippen LogP contribution < -0.4 is 10.1 Å². The molecular weight excluding hydrogens is 226 g/mol. The summed E-state index contributed by atoms with van der Waals surface area (Å²) in [5, 5.41) is 11.4. The molecule has 1 aromatic heterocycles. The normalized spacial score (nSPS) is 10.0. The lowest BCUT2D eigenvalue weighted by Gasteiger charge is -2.10. The smallest absolute Gasteiger partial charge is 0.329 e. The minimum absolute atomic E-state index is 0.290. The van der Waals surface area contributed by atoms with Gasteiger partial charge < -0.3 is 19.9 Å². The third kappa shape index (κ3) is 4.23. The Labute approximate surface area is 98.8 Å². The number of rotatable bonds is 7. The molecule has 0 saturated carbocycles. The van der Waals surface area contributed by atoms with Crippen LogP contribution >= 0.6 is 0 Å². The number of methoxy groups -OCH3 is 1. The van der Waals surface area contributed by atoms with Gasteiger partial charge in [-0.05, 0) is 6.92 Å². The van der Waals surface area contributed by atoms with Gasteiger partial charge in [-0.25, -0.2) is 14.8 Å². The van der Waals surface area contributed by atoms with Gasteiger partial charge in [0.15, 0.2) is 0 Å². The molecule has 2 N–H and O–H groups in total. The van der Waals surface area contributed by atoms with Crippen LogP contribution in [0.25, 0.3) is 0 Å². The summed E-state index contributed by atoms with van der Waals surface area (Å²) < 4.78 is 9.92. The number of carbonyl (C=O) groups is 1. The lowest BCUT2D eigenvalue weighted by molar-refractivity contribution is -0.142. The first-order chi connectivity index (χ1) is 8.15. The average molecular weight is 241 g/mol. The number of hydrogen-bond acceptors (Lipinski definition) is 6. The Kier molecular flexibility index (Phi) is 5.15. The minimum atomic E-state index is -0.982. The number of ether oxygens (including phenoxy) is 2. The molecule has 0 radical (unpaired) electrons. The van der Waals surface area contributed by atoms with E-state index in [1.807, 2.05) is 6.92 Å². The van der Waals surface area contributed by atoms with Crippen LogP contribution in [0.5, 0.6) is 5.88 Å². The second kappa shape index (κ2) is 6.64. The number of nitrogens with zero attached hydrogens (tertiary/aromatic N) is 2. The van der Waals surface area contributed by atoms with E-state index in [9.17, 15) is 4.79 Å². The lowest BCUT2D eigenvalue weighted by Crippen LogP contribution is -2.15. The number of nitrogens with one attached hydrogen (secondary N) is 1. The zero-order chi connectivity index (χ0) is 12.7. The van der Waals surface area contributed by atoms with Crippen LogP contribution in [0.3, 0.4) is 0 Å². The van der Waals surface area contributed by atoms with Crippen LogP contribution in [0.15, 0.2) is 6.33 Å². The predicted molar refractivity (Wildman–Crippen MR) is 60.3 cm³/mol. The highest BCUT2D eigenvalue weighted by molar-refractivity contribution is 5.67. The summed E-state index contributed by atoms with van der Waals surface area (Å²) >= 11 is 0. The van der Waals surface area contributed by atoms with Crippen LogP contribution in [0.2, 0.25) is 0 Å². The van der Waals surface area contributed by atoms with Crippen molar-refractivity contribution in [3.05, 3.63) is 11.9 Å². The Morgan fingerprint density at radius 1 is 1.53 bits per heavy atom. The number of carboxylic acid groups (broad SMARTS) is 1. The van der Waals surface area contributed by atoms with E-state index < -0.39 is 5.97 Å². The van der Waals surface area contributed by atoms with Gasteiger partial charge in [-0.2, -0.15) is 0 Å². The highest BCUT2D eigenvalue weighted by atomic mass is 16.5. The van der Waals surface area contributed by atoms with Crippen molar-refractivity contribution in [1.29, 1.82) is 0 Å². The second-order valence-electron chi connectivity index (χ2n) is 3.23. The zero-order valence-electron chi connectivity index (χ0n) is 9.77. The summed E-state index contributed by atoms with van der Waals surface area (Å²) in [6.45, 7) is 2.29. The fraction of sp³-hybridized carbons (Fsp3) is 0.500. The Hall–Kier alpha value is -1.89. The Morgan fingerprint density at radius 2 is 2.29 bits per heavy atom. The summed E-state index contributed by atoms with van der Waals surface area (Å²) in [6, 6.07) is 0. The van der Waals surface area contributed by atoms with E-state index in [1.165, 1.54) is 13.4 Å². The number of aliphatic carboxylic acids is 1. The monoisotopic (exact) mass is 241 g/mol. The third-order valence-electron chi connectivity index (χ3n) is 2.00. The Morgan fingerprint density at radius 3 is 2.94 bits per heavy atom. The molecule has 7 heteroatoms. The molecule has 0 aromatic carbocycles. The van der Waals surface area contributed by atoms with E-state index in [0.717, 1.165) is 5.56 Å². The van der Waals surface area contributed by atoms with E-state index in [-0.39, 0.29) is 13.2 Å². The molecule has 1 aromatic rings. The van der Waals surface area contributed by atoms with Crippen molar-refractivity contribution in [2.75, 3.05) is 32.2 Å². The molecule has 94 valence electrons. The van der Waals surface area contributed by atoms with Gasteiger partial charge in [0.05, 0.1) is 19.3 Å². The van der Waals surface area contributed by atoms with Gasteiger partial charge in [-0.1, -0.05) is 0 Å². The predicted octanol–water partition coefficient (Wildman–Crippen LogP) is 0.307. The molecule has 0 aliphatic carbocycles. The molecule has 0 unspecified atom stereocenters. The van der Waals surface area contributed by atoms with Crippen molar-refractivity contribution in [3.8, 4) is 5.88 Å². The summed E-state index contributed by atoms with van der Waals surface area (Å²) in [7, 11) is 1.54. The van der Waals surface area contributed by atoms with Crippen LogP contribution in [0, 0.1) is 6.92 Å². The Bertz CT molecular complexity index is 384. The quantitative estimate of drug-likeness (QED) is 0.663. The maximum atomic E-state index is 10.2. The fourth-order valence-electron chi connectivity index (χ4n) is 1.22. The third-order valence-corrected chi connectivity index (χ3v) is 2.00. The van der Waals surface area contributed by atoms with E-state index in [4.69, 9.17) is 14.6 Å². The largest absolute Gasteiger partial charge is 0.481 e. The van der Waals surface area contributed by atoms with Crippen molar-refractivity contribution in [2.45, 2.75) is 6.92 Å². The Balaban J connectivity index is 2.39. The van der Waals surface area contributed by atoms with Gasteiger partial charge in [0.2, 0.25) is 5.88 Å². The molecule has 0 spiro atoms. The second-order valence-corrected chi connectivity index (χ2v) is 3.23. The summed E-state index contributed by atoms with van der Waals surface area (Å²) in [6.07, 6.45) is 1.40. The number of hydrogen-bond donors (Lipinski definition) is 2. The molecule has 0 aliphatic rings. The molecular formula is C10H15N3O4. The molecule has 17 heavy (non-hydrogen) atoms. The molecule has 0 bridgehead atoms. The molecule has 0 fully saturated rings. The van der Waals surface area contributed by atoms with E-state index in [2.05, 4.69) is 15.3 Å². The molecule has 0 amide bonds. The summed E-state index contributed by atoms with van der Waals surface area (Å²) in [4.78, 5) is 18.2. The van der Waals surface area contributed by atoms with Crippen molar-refractivity contribution in [2.24, 2.45) is 0 Å². The number of anilines is 1. The average Bonchev–Trinajstić information content (AvgIpc) is 2.30. The minimum Gasteiger partial charge on any atom is -0.481 e. The van der Waals surface area contributed by atoms with Gasteiger partial charge in [-0.3, -0.25) is 0 Å². The maximum absolute atomic E-state index is 10.2. The van der Waals surface area contributed by atoms with Crippen molar-refractivity contribution in [3.63, 3.8) is 0 Å². The zero-order valence-corrected chi connectivity index (χ0v) is 9.77. The van der Waals surface area contributed by atoms with Gasteiger partial charge in [0, 0.05) is 6.54 Å². The lowest BCUT2D eigenvalue weighted by atomic mass is 10.3. The van der Waals surface area contributed by atoms with Gasteiger partial charge in [0.25, 0.3) is 0 Å². The standard InChI is InChI=1S/C10H15N3O4/c1-7-9(12-6-13-10(7)16-2)11-3-4-17-5-8(14)15/h6H,3-5H2,1-2H3,(H,14,15)(H,11,12,13). The SMILES string of the molecule is COc1ncnc(NCCOCC(=O)O)c1C.